The molecule has 3 nitrogen and oxygen atoms in total. The third-order valence-electron chi connectivity index (χ3n) is 2.12. The smallest absolute Gasteiger partial charge is 0.123 e. The van der Waals surface area contributed by atoms with E-state index >= 15 is 0 Å². The van der Waals surface area contributed by atoms with Gasteiger partial charge in [0.1, 0.15) is 5.82 Å². The van der Waals surface area contributed by atoms with E-state index in [1.165, 1.54) is 12.8 Å². The minimum absolute atomic E-state index is 0.563. The predicted octanol–water partition coefficient (Wildman–Crippen LogP) is 2.14. The number of rotatable bonds is 5. The van der Waals surface area contributed by atoms with E-state index in [0.29, 0.717) is 11.8 Å². The van der Waals surface area contributed by atoms with Crippen LogP contribution in [0.4, 0.5) is 5.82 Å². The Bertz CT molecular complexity index is 285. The number of nitrogens with zero attached hydrogens (tertiary/aromatic N) is 1. The molecule has 76 valence electrons. The summed E-state index contributed by atoms with van der Waals surface area (Å²) in [4.78, 5) is 5.11. The van der Waals surface area contributed by atoms with Crippen molar-refractivity contribution in [3.05, 3.63) is 18.3 Å². The highest BCUT2D eigenvalue weighted by atomic mass is 32.2. The topological polar surface area (TPSA) is 48.1 Å². The molecule has 1 aliphatic carbocycles. The second kappa shape index (κ2) is 4.66. The summed E-state index contributed by atoms with van der Waals surface area (Å²) in [5, 5.41) is 0. The number of ether oxygens (including phenoxy) is 1. The molecule has 1 aromatic heterocycles. The molecule has 14 heavy (non-hydrogen) atoms. The molecule has 0 atom stereocenters. The Balaban J connectivity index is 1.66. The van der Waals surface area contributed by atoms with Crippen LogP contribution in [-0.4, -0.2) is 17.5 Å². The van der Waals surface area contributed by atoms with Gasteiger partial charge >= 0.3 is 0 Å². The summed E-state index contributed by atoms with van der Waals surface area (Å²) in [6.07, 6.45) is 4.46. The third kappa shape index (κ3) is 3.20. The summed E-state index contributed by atoms with van der Waals surface area (Å²) in [6.45, 7) is 0.912. The SMILES string of the molecule is Nc1ccc(SCOCC2CC2)cn1. The summed E-state index contributed by atoms with van der Waals surface area (Å²) >= 11 is 1.66. The van der Waals surface area contributed by atoms with Crippen LogP contribution in [0.2, 0.25) is 0 Å². The van der Waals surface area contributed by atoms with Gasteiger partial charge in [0.2, 0.25) is 0 Å². The van der Waals surface area contributed by atoms with Gasteiger partial charge in [-0.05, 0) is 30.9 Å². The quantitative estimate of drug-likeness (QED) is 0.459. The molecular weight excluding hydrogens is 196 g/mol. The van der Waals surface area contributed by atoms with Gasteiger partial charge in [-0.15, -0.1) is 0 Å². The van der Waals surface area contributed by atoms with Gasteiger partial charge in [0.25, 0.3) is 0 Å². The first-order valence-electron chi connectivity index (χ1n) is 4.76. The van der Waals surface area contributed by atoms with Crippen molar-refractivity contribution in [2.75, 3.05) is 18.3 Å². The van der Waals surface area contributed by atoms with Crippen LogP contribution in [0.1, 0.15) is 12.8 Å². The van der Waals surface area contributed by atoms with Crippen LogP contribution in [0.3, 0.4) is 0 Å². The fourth-order valence-corrected chi connectivity index (χ4v) is 1.69. The molecule has 1 aliphatic rings. The molecule has 0 unspecified atom stereocenters. The molecule has 1 saturated carbocycles. The number of nitrogen functional groups attached to an aromatic ring is 1. The van der Waals surface area contributed by atoms with Crippen molar-refractivity contribution in [1.82, 2.24) is 4.98 Å². The van der Waals surface area contributed by atoms with E-state index in [2.05, 4.69) is 4.98 Å². The van der Waals surface area contributed by atoms with Crippen molar-refractivity contribution in [3.63, 3.8) is 0 Å². The Labute approximate surface area is 88.0 Å². The highest BCUT2D eigenvalue weighted by molar-refractivity contribution is 7.99. The second-order valence-electron chi connectivity index (χ2n) is 3.50. The van der Waals surface area contributed by atoms with Crippen molar-refractivity contribution in [2.45, 2.75) is 17.7 Å². The lowest BCUT2D eigenvalue weighted by atomic mass is 10.5. The molecule has 0 spiro atoms. The minimum Gasteiger partial charge on any atom is -0.384 e. The summed E-state index contributed by atoms with van der Waals surface area (Å²) in [7, 11) is 0. The maximum Gasteiger partial charge on any atom is 0.123 e. The Morgan fingerprint density at radius 3 is 3.00 bits per heavy atom. The van der Waals surface area contributed by atoms with E-state index in [4.69, 9.17) is 10.5 Å². The lowest BCUT2D eigenvalue weighted by Gasteiger charge is -2.02. The number of thioether (sulfide) groups is 1. The van der Waals surface area contributed by atoms with Crippen LogP contribution in [0.15, 0.2) is 23.2 Å². The standard InChI is InChI=1S/C10H14N2OS/c11-10-4-3-9(5-12-10)14-7-13-6-8-1-2-8/h3-5,8H,1-2,6-7H2,(H2,11,12). The summed E-state index contributed by atoms with van der Waals surface area (Å²) in [5.41, 5.74) is 5.48. The van der Waals surface area contributed by atoms with Crippen LogP contribution in [0.25, 0.3) is 0 Å². The molecule has 0 amide bonds. The molecule has 0 radical (unpaired) electrons. The average molecular weight is 210 g/mol. The van der Waals surface area contributed by atoms with Crippen LogP contribution in [0, 0.1) is 5.92 Å². The summed E-state index contributed by atoms with van der Waals surface area (Å²) in [6, 6.07) is 3.77. The zero-order valence-electron chi connectivity index (χ0n) is 7.98. The predicted molar refractivity (Wildman–Crippen MR) is 58.0 cm³/mol. The lowest BCUT2D eigenvalue weighted by molar-refractivity contribution is 0.171. The van der Waals surface area contributed by atoms with E-state index < -0.39 is 0 Å². The Morgan fingerprint density at radius 2 is 2.36 bits per heavy atom. The number of hydrogen-bond acceptors (Lipinski definition) is 4. The number of aromatic nitrogens is 1. The Morgan fingerprint density at radius 1 is 1.50 bits per heavy atom. The fraction of sp³-hybridized carbons (Fsp3) is 0.500. The fourth-order valence-electron chi connectivity index (χ4n) is 1.09. The normalized spacial score (nSPS) is 15.7. The van der Waals surface area contributed by atoms with Crippen LogP contribution >= 0.6 is 11.8 Å². The van der Waals surface area contributed by atoms with Crippen molar-refractivity contribution in [2.24, 2.45) is 5.92 Å². The maximum atomic E-state index is 5.50. The monoisotopic (exact) mass is 210 g/mol. The minimum atomic E-state index is 0.563. The molecule has 4 heteroatoms. The molecule has 0 saturated heterocycles. The highest BCUT2D eigenvalue weighted by Gasteiger charge is 2.20. The largest absolute Gasteiger partial charge is 0.384 e. The molecule has 1 fully saturated rings. The van der Waals surface area contributed by atoms with E-state index in [1.54, 1.807) is 18.0 Å². The molecule has 1 aromatic rings. The molecule has 0 bridgehead atoms. The van der Waals surface area contributed by atoms with Crippen molar-refractivity contribution in [3.8, 4) is 0 Å². The summed E-state index contributed by atoms with van der Waals surface area (Å²) < 4.78 is 5.50. The van der Waals surface area contributed by atoms with Gasteiger partial charge in [0.15, 0.2) is 0 Å². The number of hydrogen-bond donors (Lipinski definition) is 1. The van der Waals surface area contributed by atoms with Gasteiger partial charge in [-0.25, -0.2) is 4.98 Å². The second-order valence-corrected chi connectivity index (χ2v) is 4.49. The van der Waals surface area contributed by atoms with Crippen molar-refractivity contribution >= 4 is 17.6 Å². The van der Waals surface area contributed by atoms with Gasteiger partial charge in [-0.1, -0.05) is 11.8 Å². The van der Waals surface area contributed by atoms with Gasteiger partial charge < -0.3 is 10.5 Å². The van der Waals surface area contributed by atoms with E-state index in [1.807, 2.05) is 12.1 Å². The van der Waals surface area contributed by atoms with Gasteiger partial charge in [-0.2, -0.15) is 0 Å². The van der Waals surface area contributed by atoms with E-state index in [0.717, 1.165) is 17.4 Å². The van der Waals surface area contributed by atoms with Crippen molar-refractivity contribution in [1.29, 1.82) is 0 Å². The average Bonchev–Trinajstić information content (AvgIpc) is 2.99. The number of pyridine rings is 1. The zero-order valence-corrected chi connectivity index (χ0v) is 8.80. The lowest BCUT2D eigenvalue weighted by Crippen LogP contribution is -1.95. The Hall–Kier alpha value is -0.740. The molecule has 2 rings (SSSR count). The first-order chi connectivity index (χ1) is 6.84. The Kier molecular flexibility index (Phi) is 3.26. The molecule has 0 aromatic carbocycles. The van der Waals surface area contributed by atoms with E-state index in [9.17, 15) is 0 Å². The van der Waals surface area contributed by atoms with Gasteiger partial charge in [0, 0.05) is 11.1 Å². The third-order valence-corrected chi connectivity index (χ3v) is 2.98. The highest BCUT2D eigenvalue weighted by Crippen LogP contribution is 2.29. The van der Waals surface area contributed by atoms with Crippen LogP contribution in [0.5, 0.6) is 0 Å². The van der Waals surface area contributed by atoms with Gasteiger partial charge in [0.05, 0.1) is 12.5 Å². The summed E-state index contributed by atoms with van der Waals surface area (Å²) in [5.74, 6) is 2.11. The first-order valence-corrected chi connectivity index (χ1v) is 5.75. The maximum absolute atomic E-state index is 5.50. The van der Waals surface area contributed by atoms with Gasteiger partial charge in [-0.3, -0.25) is 0 Å². The number of nitrogens with two attached hydrogens (primary N) is 1. The number of anilines is 1. The molecule has 2 N–H and O–H groups in total. The molecular formula is C10H14N2OS. The zero-order chi connectivity index (χ0) is 9.80. The van der Waals surface area contributed by atoms with Crippen molar-refractivity contribution < 1.29 is 4.74 Å². The molecule has 1 heterocycles. The first kappa shape index (κ1) is 9.80. The van der Waals surface area contributed by atoms with Crippen LogP contribution in [-0.2, 0) is 4.74 Å². The van der Waals surface area contributed by atoms with E-state index in [-0.39, 0.29) is 0 Å². The van der Waals surface area contributed by atoms with Crippen LogP contribution < -0.4 is 5.73 Å². The molecule has 0 aliphatic heterocycles.